The molecule has 0 saturated heterocycles. The van der Waals surface area contributed by atoms with Crippen LogP contribution in [0.15, 0.2) is 34.4 Å². The molecule has 3 rings (SSSR count). The number of benzene rings is 1. The lowest BCUT2D eigenvalue weighted by Crippen LogP contribution is -1.90. The molecule has 0 radical (unpaired) electrons. The molecule has 6 heteroatoms. The van der Waals surface area contributed by atoms with Crippen molar-refractivity contribution < 1.29 is 0 Å². The van der Waals surface area contributed by atoms with Crippen LogP contribution in [0.2, 0.25) is 5.28 Å². The minimum Gasteiger partial charge on any atom is -0.341 e. The number of rotatable bonds is 2. The number of halogens is 1. The number of nitrogens with one attached hydrogen (secondary N) is 1. The molecule has 1 N–H and O–H groups in total. The molecule has 0 unspecified atom stereocenters. The molecule has 0 spiro atoms. The van der Waals surface area contributed by atoms with Gasteiger partial charge in [0.25, 0.3) is 0 Å². The first-order chi connectivity index (χ1) is 9.13. The number of fused-ring (bicyclic) bond motifs is 1. The third kappa shape index (κ3) is 2.43. The maximum Gasteiger partial charge on any atom is 0.225 e. The van der Waals surface area contributed by atoms with Gasteiger partial charge in [0.2, 0.25) is 5.28 Å². The van der Waals surface area contributed by atoms with Gasteiger partial charge in [-0.25, -0.2) is 9.97 Å². The second-order valence-corrected chi connectivity index (χ2v) is 5.64. The Morgan fingerprint density at radius 3 is 2.89 bits per heavy atom. The van der Waals surface area contributed by atoms with Crippen LogP contribution < -0.4 is 0 Å². The SMILES string of the molecule is Cc1ccc(C)c(Sc2nc(Cl)nc3nc[nH]c23)c1. The Labute approximate surface area is 119 Å². The average Bonchev–Trinajstić information content (AvgIpc) is 2.82. The van der Waals surface area contributed by atoms with Crippen LogP contribution in [-0.2, 0) is 0 Å². The Bertz CT molecular complexity index is 753. The minimum atomic E-state index is 0.215. The van der Waals surface area contributed by atoms with Crippen molar-refractivity contribution in [3.8, 4) is 0 Å². The smallest absolute Gasteiger partial charge is 0.225 e. The van der Waals surface area contributed by atoms with Crippen molar-refractivity contribution in [2.45, 2.75) is 23.8 Å². The summed E-state index contributed by atoms with van der Waals surface area (Å²) in [6, 6.07) is 6.33. The molecule has 96 valence electrons. The van der Waals surface area contributed by atoms with E-state index in [9.17, 15) is 0 Å². The lowest BCUT2D eigenvalue weighted by molar-refractivity contribution is 1.08. The van der Waals surface area contributed by atoms with Crippen LogP contribution >= 0.6 is 23.4 Å². The molecule has 0 aliphatic heterocycles. The van der Waals surface area contributed by atoms with Gasteiger partial charge in [0.1, 0.15) is 10.5 Å². The molecule has 0 aliphatic rings. The van der Waals surface area contributed by atoms with Gasteiger partial charge in [0.15, 0.2) is 5.65 Å². The van der Waals surface area contributed by atoms with Gasteiger partial charge in [-0.1, -0.05) is 23.9 Å². The molecule has 0 amide bonds. The zero-order valence-corrected chi connectivity index (χ0v) is 12.0. The standard InChI is InChI=1S/C13H11ClN4S/c1-7-3-4-8(2)9(5-7)19-12-10-11(16-6-15-10)17-13(14)18-12/h3-6H,1-2H3,(H,15,16,17,18). The molecule has 0 bridgehead atoms. The topological polar surface area (TPSA) is 54.5 Å². The first kappa shape index (κ1) is 12.4. The van der Waals surface area contributed by atoms with Crippen LogP contribution in [0.25, 0.3) is 11.2 Å². The fourth-order valence-electron chi connectivity index (χ4n) is 1.78. The second kappa shape index (κ2) is 4.83. The van der Waals surface area contributed by atoms with E-state index in [1.54, 1.807) is 18.1 Å². The van der Waals surface area contributed by atoms with E-state index in [0.29, 0.717) is 5.65 Å². The number of aryl methyl sites for hydroxylation is 2. The van der Waals surface area contributed by atoms with Crippen molar-refractivity contribution in [1.82, 2.24) is 19.9 Å². The van der Waals surface area contributed by atoms with E-state index in [1.165, 1.54) is 11.1 Å². The van der Waals surface area contributed by atoms with E-state index in [0.717, 1.165) is 15.4 Å². The Morgan fingerprint density at radius 1 is 1.21 bits per heavy atom. The van der Waals surface area contributed by atoms with Gasteiger partial charge in [-0.3, -0.25) is 0 Å². The summed E-state index contributed by atoms with van der Waals surface area (Å²) >= 11 is 7.50. The average molecular weight is 291 g/mol. The molecule has 4 nitrogen and oxygen atoms in total. The zero-order valence-electron chi connectivity index (χ0n) is 10.4. The third-order valence-electron chi connectivity index (χ3n) is 2.78. The Morgan fingerprint density at radius 2 is 2.05 bits per heavy atom. The van der Waals surface area contributed by atoms with Crippen molar-refractivity contribution in [3.63, 3.8) is 0 Å². The number of aromatic nitrogens is 4. The molecule has 2 heterocycles. The summed E-state index contributed by atoms with van der Waals surface area (Å²) in [6.45, 7) is 4.15. The summed E-state index contributed by atoms with van der Waals surface area (Å²) in [5, 5.41) is 1.01. The molecule has 2 aromatic heterocycles. The first-order valence-electron chi connectivity index (χ1n) is 5.75. The lowest BCUT2D eigenvalue weighted by Gasteiger charge is -2.06. The van der Waals surface area contributed by atoms with E-state index in [4.69, 9.17) is 11.6 Å². The van der Waals surface area contributed by atoms with Crippen LogP contribution in [-0.4, -0.2) is 19.9 Å². The van der Waals surface area contributed by atoms with Gasteiger partial charge >= 0.3 is 0 Å². The second-order valence-electron chi connectivity index (χ2n) is 4.27. The zero-order chi connectivity index (χ0) is 13.4. The van der Waals surface area contributed by atoms with E-state index in [-0.39, 0.29) is 5.28 Å². The van der Waals surface area contributed by atoms with Crippen molar-refractivity contribution in [2.75, 3.05) is 0 Å². The highest BCUT2D eigenvalue weighted by Crippen LogP contribution is 2.33. The van der Waals surface area contributed by atoms with Gasteiger partial charge in [0.05, 0.1) is 6.33 Å². The Balaban J connectivity index is 2.10. The molecule has 3 aromatic rings. The number of aromatic amines is 1. The van der Waals surface area contributed by atoms with Crippen LogP contribution in [0, 0.1) is 13.8 Å². The Kier molecular flexibility index (Phi) is 3.16. The predicted octanol–water partition coefficient (Wildman–Crippen LogP) is 3.77. The fraction of sp³-hybridized carbons (Fsp3) is 0.154. The van der Waals surface area contributed by atoms with E-state index >= 15 is 0 Å². The maximum atomic E-state index is 5.93. The summed E-state index contributed by atoms with van der Waals surface area (Å²) in [7, 11) is 0. The van der Waals surface area contributed by atoms with Gasteiger partial charge in [0, 0.05) is 4.90 Å². The minimum absolute atomic E-state index is 0.215. The molecular formula is C13H11ClN4S. The summed E-state index contributed by atoms with van der Waals surface area (Å²) in [5.41, 5.74) is 3.83. The number of hydrogen-bond acceptors (Lipinski definition) is 4. The molecule has 19 heavy (non-hydrogen) atoms. The van der Waals surface area contributed by atoms with Crippen LogP contribution in [0.3, 0.4) is 0 Å². The van der Waals surface area contributed by atoms with E-state index in [1.807, 2.05) is 0 Å². The van der Waals surface area contributed by atoms with Crippen molar-refractivity contribution in [2.24, 2.45) is 0 Å². The summed E-state index contributed by atoms with van der Waals surface area (Å²) in [5.74, 6) is 0. The summed E-state index contributed by atoms with van der Waals surface area (Å²) in [6.07, 6.45) is 1.60. The maximum absolute atomic E-state index is 5.93. The predicted molar refractivity (Wildman–Crippen MR) is 76.7 cm³/mol. The molecular weight excluding hydrogens is 280 g/mol. The Hall–Kier alpha value is -1.59. The molecule has 0 saturated carbocycles. The normalized spacial score (nSPS) is 11.1. The number of imidazole rings is 1. The highest BCUT2D eigenvalue weighted by Gasteiger charge is 2.11. The largest absolute Gasteiger partial charge is 0.341 e. The van der Waals surface area contributed by atoms with E-state index < -0.39 is 0 Å². The van der Waals surface area contributed by atoms with Gasteiger partial charge in [-0.2, -0.15) is 4.98 Å². The molecule has 0 fully saturated rings. The number of H-pyrrole nitrogens is 1. The highest BCUT2D eigenvalue weighted by molar-refractivity contribution is 7.99. The van der Waals surface area contributed by atoms with Gasteiger partial charge in [-0.15, -0.1) is 0 Å². The van der Waals surface area contributed by atoms with Gasteiger partial charge in [-0.05, 0) is 42.6 Å². The molecule has 0 aliphatic carbocycles. The first-order valence-corrected chi connectivity index (χ1v) is 6.94. The highest BCUT2D eigenvalue weighted by atomic mass is 35.5. The summed E-state index contributed by atoms with van der Waals surface area (Å²) < 4.78 is 0. The summed E-state index contributed by atoms with van der Waals surface area (Å²) in [4.78, 5) is 16.7. The van der Waals surface area contributed by atoms with Crippen molar-refractivity contribution >= 4 is 34.5 Å². The van der Waals surface area contributed by atoms with Gasteiger partial charge < -0.3 is 4.98 Å². The van der Waals surface area contributed by atoms with Crippen molar-refractivity contribution in [1.29, 1.82) is 0 Å². The number of hydrogen-bond donors (Lipinski definition) is 1. The van der Waals surface area contributed by atoms with Crippen LogP contribution in [0.5, 0.6) is 0 Å². The van der Waals surface area contributed by atoms with E-state index in [2.05, 4.69) is 52.0 Å². The van der Waals surface area contributed by atoms with Crippen LogP contribution in [0.1, 0.15) is 11.1 Å². The monoisotopic (exact) mass is 290 g/mol. The molecule has 1 aromatic carbocycles. The quantitative estimate of drug-likeness (QED) is 0.576. The third-order valence-corrected chi connectivity index (χ3v) is 4.09. The number of nitrogens with zero attached hydrogens (tertiary/aromatic N) is 3. The van der Waals surface area contributed by atoms with Crippen molar-refractivity contribution in [3.05, 3.63) is 40.9 Å². The molecule has 0 atom stereocenters. The fourth-order valence-corrected chi connectivity index (χ4v) is 3.06. The van der Waals surface area contributed by atoms with Crippen LogP contribution in [0.4, 0.5) is 0 Å². The lowest BCUT2D eigenvalue weighted by atomic mass is 10.2.